The number of rotatable bonds is 6. The number of hydrogen-bond acceptors (Lipinski definition) is 3. The molecule has 0 bridgehead atoms. The summed E-state index contributed by atoms with van der Waals surface area (Å²) in [4.78, 5) is 13.1. The third-order valence-electron chi connectivity index (χ3n) is 3.99. The fraction of sp³-hybridized carbons (Fsp3) is 0.562. The van der Waals surface area contributed by atoms with Crippen LogP contribution in [0.25, 0.3) is 0 Å². The average Bonchev–Trinajstić information content (AvgIpc) is 2.87. The van der Waals surface area contributed by atoms with Crippen molar-refractivity contribution in [1.29, 1.82) is 0 Å². The van der Waals surface area contributed by atoms with E-state index in [9.17, 15) is 4.79 Å². The van der Waals surface area contributed by atoms with Gasteiger partial charge in [0.25, 0.3) is 0 Å². The van der Waals surface area contributed by atoms with Crippen molar-refractivity contribution in [3.05, 3.63) is 29.3 Å². The van der Waals surface area contributed by atoms with Gasteiger partial charge in [0.15, 0.2) is 0 Å². The molecule has 1 fully saturated rings. The van der Waals surface area contributed by atoms with Crippen molar-refractivity contribution in [3.63, 3.8) is 0 Å². The lowest BCUT2D eigenvalue weighted by Crippen LogP contribution is -2.36. The number of carbonyl (C=O) groups is 1. The summed E-state index contributed by atoms with van der Waals surface area (Å²) in [6, 6.07) is 5.80. The van der Waals surface area contributed by atoms with Gasteiger partial charge in [-0.25, -0.2) is 0 Å². The first-order valence-corrected chi connectivity index (χ1v) is 7.25. The van der Waals surface area contributed by atoms with E-state index in [4.69, 9.17) is 9.84 Å². The summed E-state index contributed by atoms with van der Waals surface area (Å²) in [5.41, 5.74) is 2.49. The molecular formula is C16H24ClNO3. The molecular weight excluding hydrogens is 290 g/mol. The van der Waals surface area contributed by atoms with E-state index in [0.29, 0.717) is 6.61 Å². The Morgan fingerprint density at radius 1 is 1.38 bits per heavy atom. The van der Waals surface area contributed by atoms with Crippen LogP contribution in [0.15, 0.2) is 18.2 Å². The summed E-state index contributed by atoms with van der Waals surface area (Å²) in [6.07, 6.45) is 2.61. The SMILES string of the molecule is Cc1ccc(OCCCN2CCCC2C(=O)O)cc1C.Cl. The fourth-order valence-electron chi connectivity index (χ4n) is 2.63. The number of likely N-dealkylation sites (tertiary alicyclic amines) is 1. The number of hydrogen-bond donors (Lipinski definition) is 1. The highest BCUT2D eigenvalue weighted by molar-refractivity contribution is 5.85. The Morgan fingerprint density at radius 3 is 2.81 bits per heavy atom. The molecule has 1 unspecified atom stereocenters. The van der Waals surface area contributed by atoms with Gasteiger partial charge in [0, 0.05) is 6.54 Å². The maximum absolute atomic E-state index is 11.1. The van der Waals surface area contributed by atoms with Crippen LogP contribution in [-0.2, 0) is 4.79 Å². The van der Waals surface area contributed by atoms with Crippen LogP contribution in [0.4, 0.5) is 0 Å². The van der Waals surface area contributed by atoms with E-state index in [1.807, 2.05) is 17.0 Å². The van der Waals surface area contributed by atoms with Crippen molar-refractivity contribution < 1.29 is 14.6 Å². The molecule has 0 amide bonds. The molecule has 0 aliphatic carbocycles. The predicted molar refractivity (Wildman–Crippen MR) is 85.5 cm³/mol. The minimum absolute atomic E-state index is 0. The van der Waals surface area contributed by atoms with Crippen molar-refractivity contribution in [3.8, 4) is 5.75 Å². The van der Waals surface area contributed by atoms with Gasteiger partial charge in [0.1, 0.15) is 11.8 Å². The van der Waals surface area contributed by atoms with Gasteiger partial charge in [-0.2, -0.15) is 0 Å². The number of ether oxygens (including phenoxy) is 1. The van der Waals surface area contributed by atoms with Crippen LogP contribution in [0.5, 0.6) is 5.75 Å². The number of halogens is 1. The predicted octanol–water partition coefficient (Wildman–Crippen LogP) is 3.04. The second kappa shape index (κ2) is 8.25. The zero-order valence-corrected chi connectivity index (χ0v) is 13.5. The molecule has 1 saturated heterocycles. The van der Waals surface area contributed by atoms with Gasteiger partial charge in [-0.15, -0.1) is 12.4 Å². The molecule has 21 heavy (non-hydrogen) atoms. The van der Waals surface area contributed by atoms with Crippen LogP contribution < -0.4 is 4.74 Å². The van der Waals surface area contributed by atoms with E-state index >= 15 is 0 Å². The topological polar surface area (TPSA) is 49.8 Å². The van der Waals surface area contributed by atoms with E-state index in [1.54, 1.807) is 0 Å². The number of carboxylic acid groups (broad SMARTS) is 1. The van der Waals surface area contributed by atoms with Crippen molar-refractivity contribution in [2.45, 2.75) is 39.2 Å². The van der Waals surface area contributed by atoms with Gasteiger partial charge in [0.05, 0.1) is 6.61 Å². The smallest absolute Gasteiger partial charge is 0.320 e. The van der Waals surface area contributed by atoms with Crippen molar-refractivity contribution in [2.75, 3.05) is 19.7 Å². The lowest BCUT2D eigenvalue weighted by Gasteiger charge is -2.20. The molecule has 0 radical (unpaired) electrons. The summed E-state index contributed by atoms with van der Waals surface area (Å²) in [5.74, 6) is 0.196. The number of aryl methyl sites for hydroxylation is 2. The van der Waals surface area contributed by atoms with Crippen LogP contribution in [0, 0.1) is 13.8 Å². The molecule has 2 rings (SSSR count). The minimum Gasteiger partial charge on any atom is -0.494 e. The summed E-state index contributed by atoms with van der Waals surface area (Å²) in [7, 11) is 0. The van der Waals surface area contributed by atoms with E-state index in [2.05, 4.69) is 19.9 Å². The van der Waals surface area contributed by atoms with Crippen molar-refractivity contribution in [2.24, 2.45) is 0 Å². The van der Waals surface area contributed by atoms with Crippen molar-refractivity contribution in [1.82, 2.24) is 4.90 Å². The average molecular weight is 314 g/mol. The van der Waals surface area contributed by atoms with E-state index in [-0.39, 0.29) is 18.4 Å². The second-order valence-corrected chi connectivity index (χ2v) is 5.48. The molecule has 0 saturated carbocycles. The Morgan fingerprint density at radius 2 is 2.14 bits per heavy atom. The summed E-state index contributed by atoms with van der Waals surface area (Å²) < 4.78 is 5.72. The molecule has 1 aliphatic rings. The summed E-state index contributed by atoms with van der Waals surface area (Å²) in [5, 5.41) is 9.10. The number of benzene rings is 1. The zero-order chi connectivity index (χ0) is 14.5. The first kappa shape index (κ1) is 17.8. The van der Waals surface area contributed by atoms with Crippen LogP contribution in [0.3, 0.4) is 0 Å². The third-order valence-corrected chi connectivity index (χ3v) is 3.99. The molecule has 1 atom stereocenters. The molecule has 0 spiro atoms. The second-order valence-electron chi connectivity index (χ2n) is 5.48. The molecule has 5 heteroatoms. The highest BCUT2D eigenvalue weighted by Crippen LogP contribution is 2.19. The van der Waals surface area contributed by atoms with Gasteiger partial charge in [-0.1, -0.05) is 6.07 Å². The Balaban J connectivity index is 0.00000220. The molecule has 0 aromatic heterocycles. The highest BCUT2D eigenvalue weighted by Gasteiger charge is 2.29. The maximum atomic E-state index is 11.1. The molecule has 1 heterocycles. The van der Waals surface area contributed by atoms with Crippen LogP contribution in [0.2, 0.25) is 0 Å². The lowest BCUT2D eigenvalue weighted by atomic mass is 10.1. The van der Waals surface area contributed by atoms with E-state index < -0.39 is 5.97 Å². The van der Waals surface area contributed by atoms with E-state index in [1.165, 1.54) is 11.1 Å². The monoisotopic (exact) mass is 313 g/mol. The Bertz CT molecular complexity index is 479. The number of nitrogens with zero attached hydrogens (tertiary/aromatic N) is 1. The Kier molecular flexibility index (Phi) is 6.99. The quantitative estimate of drug-likeness (QED) is 0.820. The standard InChI is InChI=1S/C16H23NO3.ClH/c1-12-6-7-14(11-13(12)2)20-10-4-9-17-8-3-5-15(17)16(18)19;/h6-7,11,15H,3-5,8-10H2,1-2H3,(H,18,19);1H. The van der Waals surface area contributed by atoms with Gasteiger partial charge < -0.3 is 9.84 Å². The first-order chi connectivity index (χ1) is 9.58. The largest absolute Gasteiger partial charge is 0.494 e. The summed E-state index contributed by atoms with van der Waals surface area (Å²) in [6.45, 7) is 6.47. The fourth-order valence-corrected chi connectivity index (χ4v) is 2.63. The van der Waals surface area contributed by atoms with Gasteiger partial charge in [-0.3, -0.25) is 9.69 Å². The van der Waals surface area contributed by atoms with Crippen molar-refractivity contribution >= 4 is 18.4 Å². The lowest BCUT2D eigenvalue weighted by molar-refractivity contribution is -0.142. The molecule has 1 aromatic carbocycles. The number of aliphatic carboxylic acids is 1. The Hall–Kier alpha value is -1.26. The molecule has 4 nitrogen and oxygen atoms in total. The molecule has 1 N–H and O–H groups in total. The van der Waals surface area contributed by atoms with Crippen LogP contribution in [0.1, 0.15) is 30.4 Å². The zero-order valence-electron chi connectivity index (χ0n) is 12.7. The molecule has 118 valence electrons. The Labute approximate surface area is 132 Å². The highest BCUT2D eigenvalue weighted by atomic mass is 35.5. The molecule has 1 aromatic rings. The maximum Gasteiger partial charge on any atom is 0.320 e. The van der Waals surface area contributed by atoms with Crippen LogP contribution in [-0.4, -0.2) is 41.7 Å². The van der Waals surface area contributed by atoms with Crippen LogP contribution >= 0.6 is 12.4 Å². The van der Waals surface area contributed by atoms with Gasteiger partial charge >= 0.3 is 5.97 Å². The summed E-state index contributed by atoms with van der Waals surface area (Å²) >= 11 is 0. The number of carboxylic acids is 1. The minimum atomic E-state index is -0.697. The normalized spacial score (nSPS) is 18.3. The molecule has 1 aliphatic heterocycles. The van der Waals surface area contributed by atoms with E-state index in [0.717, 1.165) is 38.1 Å². The van der Waals surface area contributed by atoms with Gasteiger partial charge in [0.2, 0.25) is 0 Å². The van der Waals surface area contributed by atoms with Gasteiger partial charge in [-0.05, 0) is 62.9 Å². The first-order valence-electron chi connectivity index (χ1n) is 7.25. The third kappa shape index (κ3) is 4.90.